The SMILES string of the molecule is CC(C)CC(=O)Nc1cncc(-c2cnc3[nH]nc(-c4nc5c(-c6cc(F)cc(OCCN(C)C)c6)ccnc5[nH]4)c3c2)c1. The molecule has 11 nitrogen and oxygen atoms in total. The number of likely N-dealkylation sites (N-methyl/N-ethyl adjacent to an activating group) is 1. The van der Waals surface area contributed by atoms with Gasteiger partial charge in [0.25, 0.3) is 0 Å². The quantitative estimate of drug-likeness (QED) is 0.184. The summed E-state index contributed by atoms with van der Waals surface area (Å²) in [5.74, 6) is 0.710. The first kappa shape index (κ1) is 28.9. The maximum atomic E-state index is 14.6. The largest absolute Gasteiger partial charge is 0.492 e. The van der Waals surface area contributed by atoms with Gasteiger partial charge in [-0.3, -0.25) is 14.9 Å². The molecule has 0 saturated carbocycles. The lowest BCUT2D eigenvalue weighted by Crippen LogP contribution is -2.19. The Labute approximate surface area is 252 Å². The van der Waals surface area contributed by atoms with E-state index in [1.165, 1.54) is 12.1 Å². The van der Waals surface area contributed by atoms with Gasteiger partial charge in [0.15, 0.2) is 17.1 Å². The van der Waals surface area contributed by atoms with Crippen LogP contribution in [0, 0.1) is 11.7 Å². The average molecular weight is 594 g/mol. The second kappa shape index (κ2) is 12.2. The number of fused-ring (bicyclic) bond motifs is 2. The standard InChI is InChI=1S/C32H32FN9O2/c1-18(2)9-27(43)37-23-11-20(15-34-17-23)21-13-26-29(40-41-30(26)36-16-21)32-38-28-25(5-6-35-31(28)39-32)19-10-22(33)14-24(12-19)44-8-7-42(3)4/h5-6,10-18H,7-9H2,1-4H3,(H,37,43)(H,35,38,39)(H,36,40,41). The van der Waals surface area contributed by atoms with Gasteiger partial charge >= 0.3 is 0 Å². The van der Waals surface area contributed by atoms with E-state index in [4.69, 9.17) is 9.72 Å². The summed E-state index contributed by atoms with van der Waals surface area (Å²) in [4.78, 5) is 35.7. The zero-order valence-corrected chi connectivity index (χ0v) is 24.8. The fraction of sp³-hybridized carbons (Fsp3) is 0.250. The summed E-state index contributed by atoms with van der Waals surface area (Å²) in [5, 5.41) is 11.1. The van der Waals surface area contributed by atoms with Crippen molar-refractivity contribution in [1.82, 2.24) is 40.0 Å². The Hall–Kier alpha value is -5.23. The van der Waals surface area contributed by atoms with E-state index in [0.717, 1.165) is 16.5 Å². The van der Waals surface area contributed by atoms with Gasteiger partial charge in [0.1, 0.15) is 29.4 Å². The number of aromatic nitrogens is 7. The summed E-state index contributed by atoms with van der Waals surface area (Å²) in [6.07, 6.45) is 7.14. The van der Waals surface area contributed by atoms with Gasteiger partial charge in [-0.05, 0) is 55.9 Å². The van der Waals surface area contributed by atoms with Crippen LogP contribution in [0.2, 0.25) is 0 Å². The van der Waals surface area contributed by atoms with Crippen LogP contribution >= 0.6 is 0 Å². The van der Waals surface area contributed by atoms with Crippen molar-refractivity contribution in [3.8, 4) is 39.5 Å². The van der Waals surface area contributed by atoms with E-state index < -0.39 is 5.82 Å². The van der Waals surface area contributed by atoms with Gasteiger partial charge in [-0.15, -0.1) is 0 Å². The number of hydrogen-bond donors (Lipinski definition) is 3. The van der Waals surface area contributed by atoms with Gasteiger partial charge in [-0.25, -0.2) is 19.3 Å². The lowest BCUT2D eigenvalue weighted by Gasteiger charge is -2.12. The molecule has 1 amide bonds. The topological polar surface area (TPSA) is 138 Å². The van der Waals surface area contributed by atoms with Crippen LogP contribution in [0.25, 0.3) is 56.0 Å². The third-order valence-electron chi connectivity index (χ3n) is 6.96. The molecule has 1 aromatic carbocycles. The van der Waals surface area contributed by atoms with Crippen molar-refractivity contribution < 1.29 is 13.9 Å². The Kier molecular flexibility index (Phi) is 7.99. The predicted octanol–water partition coefficient (Wildman–Crippen LogP) is 5.69. The molecule has 0 unspecified atom stereocenters. The zero-order chi connectivity index (χ0) is 30.8. The Morgan fingerprint density at radius 2 is 1.86 bits per heavy atom. The summed E-state index contributed by atoms with van der Waals surface area (Å²) in [5.41, 5.74) is 5.76. The number of nitrogens with zero attached hydrogens (tertiary/aromatic N) is 6. The molecule has 0 fully saturated rings. The van der Waals surface area contributed by atoms with Crippen LogP contribution in [0.3, 0.4) is 0 Å². The van der Waals surface area contributed by atoms with E-state index in [0.29, 0.717) is 70.5 Å². The van der Waals surface area contributed by atoms with Crippen molar-refractivity contribution in [2.24, 2.45) is 5.92 Å². The molecule has 0 bridgehead atoms. The molecule has 0 aliphatic rings. The number of hydrogen-bond acceptors (Lipinski definition) is 8. The number of imidazole rings is 1. The maximum absolute atomic E-state index is 14.6. The summed E-state index contributed by atoms with van der Waals surface area (Å²) in [6.45, 7) is 5.14. The van der Waals surface area contributed by atoms with Gasteiger partial charge in [-0.2, -0.15) is 5.10 Å². The van der Waals surface area contributed by atoms with Crippen molar-refractivity contribution in [2.45, 2.75) is 20.3 Å². The number of benzene rings is 1. The Balaban J connectivity index is 1.33. The van der Waals surface area contributed by atoms with Crippen LogP contribution in [-0.4, -0.2) is 73.2 Å². The molecule has 0 aliphatic heterocycles. The molecule has 0 aliphatic carbocycles. The summed E-state index contributed by atoms with van der Waals surface area (Å²) >= 11 is 0. The van der Waals surface area contributed by atoms with E-state index in [9.17, 15) is 9.18 Å². The fourth-order valence-electron chi connectivity index (χ4n) is 4.89. The molecule has 5 aromatic heterocycles. The minimum atomic E-state index is -0.405. The van der Waals surface area contributed by atoms with E-state index in [-0.39, 0.29) is 11.8 Å². The van der Waals surface area contributed by atoms with Crippen molar-refractivity contribution in [3.05, 3.63) is 67.0 Å². The molecule has 6 rings (SSSR count). The highest BCUT2D eigenvalue weighted by atomic mass is 19.1. The van der Waals surface area contributed by atoms with Crippen LogP contribution in [-0.2, 0) is 4.79 Å². The monoisotopic (exact) mass is 593 g/mol. The molecule has 0 saturated heterocycles. The number of amides is 1. The fourth-order valence-corrected chi connectivity index (χ4v) is 4.89. The van der Waals surface area contributed by atoms with E-state index in [2.05, 4.69) is 35.5 Å². The first-order valence-electron chi connectivity index (χ1n) is 14.3. The normalized spacial score (nSPS) is 11.6. The highest BCUT2D eigenvalue weighted by Crippen LogP contribution is 2.33. The van der Waals surface area contributed by atoms with Crippen LogP contribution < -0.4 is 10.1 Å². The first-order chi connectivity index (χ1) is 21.2. The molecule has 44 heavy (non-hydrogen) atoms. The molecule has 3 N–H and O–H groups in total. The molecule has 0 spiro atoms. The lowest BCUT2D eigenvalue weighted by atomic mass is 10.1. The van der Waals surface area contributed by atoms with Crippen LogP contribution in [0.4, 0.5) is 10.1 Å². The van der Waals surface area contributed by atoms with Gasteiger partial charge in [-0.1, -0.05) is 13.8 Å². The molecule has 0 atom stereocenters. The maximum Gasteiger partial charge on any atom is 0.224 e. The molecule has 0 radical (unpaired) electrons. The molecular formula is C32H32FN9O2. The van der Waals surface area contributed by atoms with Crippen molar-refractivity contribution in [1.29, 1.82) is 0 Å². The Morgan fingerprint density at radius 3 is 2.68 bits per heavy atom. The minimum absolute atomic E-state index is 0.0613. The number of pyridine rings is 3. The third-order valence-corrected chi connectivity index (χ3v) is 6.96. The van der Waals surface area contributed by atoms with Crippen molar-refractivity contribution >= 4 is 33.8 Å². The number of aromatic amines is 2. The van der Waals surface area contributed by atoms with Crippen LogP contribution in [0.15, 0.2) is 61.2 Å². The van der Waals surface area contributed by atoms with E-state index >= 15 is 0 Å². The number of carbonyl (C=O) groups excluding carboxylic acids is 1. The highest BCUT2D eigenvalue weighted by molar-refractivity contribution is 5.96. The van der Waals surface area contributed by atoms with Crippen LogP contribution in [0.1, 0.15) is 20.3 Å². The summed E-state index contributed by atoms with van der Waals surface area (Å²) in [7, 11) is 3.90. The number of ether oxygens (including phenoxy) is 1. The molecule has 5 heterocycles. The number of anilines is 1. The molecular weight excluding hydrogens is 561 g/mol. The Morgan fingerprint density at radius 1 is 1.02 bits per heavy atom. The third kappa shape index (κ3) is 6.25. The second-order valence-corrected chi connectivity index (χ2v) is 11.3. The van der Waals surface area contributed by atoms with E-state index in [1.54, 1.807) is 36.9 Å². The highest BCUT2D eigenvalue weighted by Gasteiger charge is 2.18. The number of halogens is 1. The first-order valence-corrected chi connectivity index (χ1v) is 14.3. The average Bonchev–Trinajstić information content (AvgIpc) is 3.60. The van der Waals surface area contributed by atoms with E-state index in [1.807, 2.05) is 45.0 Å². The number of H-pyrrole nitrogens is 2. The van der Waals surface area contributed by atoms with Gasteiger partial charge in [0.2, 0.25) is 5.91 Å². The summed E-state index contributed by atoms with van der Waals surface area (Å²) < 4.78 is 20.4. The van der Waals surface area contributed by atoms with Crippen LogP contribution in [0.5, 0.6) is 5.75 Å². The number of nitrogens with one attached hydrogen (secondary N) is 3. The van der Waals surface area contributed by atoms with Gasteiger partial charge < -0.3 is 19.9 Å². The predicted molar refractivity (Wildman–Crippen MR) is 168 cm³/mol. The Bertz CT molecular complexity index is 1960. The lowest BCUT2D eigenvalue weighted by molar-refractivity contribution is -0.116. The molecule has 6 aromatic rings. The summed E-state index contributed by atoms with van der Waals surface area (Å²) in [6, 6.07) is 10.2. The van der Waals surface area contributed by atoms with Gasteiger partial charge in [0.05, 0.1) is 17.3 Å². The zero-order valence-electron chi connectivity index (χ0n) is 24.8. The second-order valence-electron chi connectivity index (χ2n) is 11.3. The van der Waals surface area contributed by atoms with Gasteiger partial charge in [0, 0.05) is 54.3 Å². The number of carbonyl (C=O) groups is 1. The molecule has 12 heteroatoms. The minimum Gasteiger partial charge on any atom is -0.492 e. The van der Waals surface area contributed by atoms with Crippen molar-refractivity contribution in [2.75, 3.05) is 32.6 Å². The smallest absolute Gasteiger partial charge is 0.224 e. The number of rotatable bonds is 10. The van der Waals surface area contributed by atoms with Crippen molar-refractivity contribution in [3.63, 3.8) is 0 Å². The molecule has 224 valence electrons.